The van der Waals surface area contributed by atoms with Gasteiger partial charge in [-0.15, -0.1) is 0 Å². The number of unbranched alkanes of at least 4 members (excludes halogenated alkanes) is 39. The second-order valence-corrected chi connectivity index (χ2v) is 30.8. The van der Waals surface area contributed by atoms with E-state index >= 15 is 0 Å². The van der Waals surface area contributed by atoms with E-state index in [0.29, 0.717) is 37.5 Å². The molecule has 0 aromatic heterocycles. The Morgan fingerprint density at radius 1 is 0.312 bits per heavy atom. The molecule has 19 heteroatoms. The molecule has 0 rings (SSSR count). The van der Waals surface area contributed by atoms with Gasteiger partial charge in [-0.3, -0.25) is 37.3 Å². The molecule has 552 valence electrons. The van der Waals surface area contributed by atoms with Gasteiger partial charge < -0.3 is 33.8 Å². The Bertz CT molecular complexity index is 1820. The van der Waals surface area contributed by atoms with Crippen molar-refractivity contribution < 1.29 is 80.2 Å². The highest BCUT2D eigenvalue weighted by Gasteiger charge is 2.30. The molecule has 0 aromatic rings. The summed E-state index contributed by atoms with van der Waals surface area (Å²) in [5.41, 5.74) is 0. The third kappa shape index (κ3) is 67.0. The van der Waals surface area contributed by atoms with Gasteiger partial charge >= 0.3 is 39.5 Å². The zero-order chi connectivity index (χ0) is 68.7. The van der Waals surface area contributed by atoms with E-state index < -0.39 is 97.5 Å². The van der Waals surface area contributed by atoms with Crippen LogP contribution in [0.1, 0.15) is 376 Å². The zero-order valence-electron chi connectivity index (χ0n) is 60.7. The molecule has 0 radical (unpaired) electrons. The first-order valence-electron chi connectivity index (χ1n) is 38.4. The average Bonchev–Trinajstić information content (AvgIpc) is 2.30. The molecule has 0 bridgehead atoms. The van der Waals surface area contributed by atoms with Gasteiger partial charge in [0.15, 0.2) is 12.2 Å². The lowest BCUT2D eigenvalue weighted by molar-refractivity contribution is -0.161. The minimum atomic E-state index is -4.95. The van der Waals surface area contributed by atoms with Crippen molar-refractivity contribution in [1.82, 2.24) is 0 Å². The molecule has 0 heterocycles. The number of phosphoric acid groups is 2. The van der Waals surface area contributed by atoms with Crippen LogP contribution >= 0.6 is 15.6 Å². The van der Waals surface area contributed by atoms with Crippen LogP contribution in [0.5, 0.6) is 0 Å². The lowest BCUT2D eigenvalue weighted by Crippen LogP contribution is -2.30. The Balaban J connectivity index is 5.15. The fourth-order valence-electron chi connectivity index (χ4n) is 11.2. The first-order chi connectivity index (χ1) is 44.8. The summed E-state index contributed by atoms with van der Waals surface area (Å²) in [4.78, 5) is 72.6. The molecule has 0 aliphatic heterocycles. The summed E-state index contributed by atoms with van der Waals surface area (Å²) in [5, 5.41) is 10.6. The molecule has 0 fully saturated rings. The van der Waals surface area contributed by atoms with Crippen molar-refractivity contribution >= 4 is 39.5 Å². The summed E-state index contributed by atoms with van der Waals surface area (Å²) in [5.74, 6) is 0.147. The zero-order valence-corrected chi connectivity index (χ0v) is 62.5. The van der Waals surface area contributed by atoms with Crippen LogP contribution in [0.15, 0.2) is 0 Å². The number of phosphoric ester groups is 2. The van der Waals surface area contributed by atoms with Crippen molar-refractivity contribution in [1.29, 1.82) is 0 Å². The molecular weight excluding hydrogens is 1220 g/mol. The number of aliphatic hydroxyl groups is 1. The van der Waals surface area contributed by atoms with E-state index in [2.05, 4.69) is 48.5 Å². The van der Waals surface area contributed by atoms with Crippen LogP contribution in [0.2, 0.25) is 0 Å². The minimum absolute atomic E-state index is 0.103. The summed E-state index contributed by atoms with van der Waals surface area (Å²) in [6.45, 7) is 11.8. The number of hydrogen-bond donors (Lipinski definition) is 3. The highest BCUT2D eigenvalue weighted by Crippen LogP contribution is 2.45. The third-order valence-electron chi connectivity index (χ3n) is 17.5. The van der Waals surface area contributed by atoms with Crippen LogP contribution in [0, 0.1) is 17.8 Å². The van der Waals surface area contributed by atoms with Crippen molar-refractivity contribution in [3.63, 3.8) is 0 Å². The van der Waals surface area contributed by atoms with Crippen LogP contribution in [0.25, 0.3) is 0 Å². The molecule has 17 nitrogen and oxygen atoms in total. The van der Waals surface area contributed by atoms with Crippen LogP contribution in [-0.4, -0.2) is 96.7 Å². The second kappa shape index (κ2) is 64.7. The number of carbonyl (C=O) groups excluding carboxylic acids is 4. The molecular formula is C74H144O17P2. The van der Waals surface area contributed by atoms with Crippen molar-refractivity contribution in [2.75, 3.05) is 39.6 Å². The van der Waals surface area contributed by atoms with Gasteiger partial charge in [-0.2, -0.15) is 0 Å². The van der Waals surface area contributed by atoms with E-state index in [1.54, 1.807) is 0 Å². The van der Waals surface area contributed by atoms with E-state index in [1.165, 1.54) is 180 Å². The smallest absolute Gasteiger partial charge is 0.462 e. The fraction of sp³-hybridized carbons (Fsp3) is 0.946. The predicted molar refractivity (Wildman–Crippen MR) is 377 cm³/mol. The molecule has 3 N–H and O–H groups in total. The SMILES string of the molecule is CCCCCCCCCCCCCC(=O)OC[C@H](COP(=O)(O)OC[C@@H](O)COP(=O)(O)OC[C@@H](COC(=O)CCCCCCCCCC(C)C)OC(=O)CCCCCCCCCC(C)C)OC(=O)CCCCCCCCCCCCCCCCCCCCC(C)CC. The van der Waals surface area contributed by atoms with Crippen LogP contribution in [-0.2, 0) is 65.4 Å². The van der Waals surface area contributed by atoms with Crippen LogP contribution in [0.3, 0.4) is 0 Å². The predicted octanol–water partition coefficient (Wildman–Crippen LogP) is 21.4. The number of esters is 4. The van der Waals surface area contributed by atoms with Gasteiger partial charge in [0.05, 0.1) is 26.4 Å². The first-order valence-corrected chi connectivity index (χ1v) is 41.4. The van der Waals surface area contributed by atoms with Crippen molar-refractivity contribution in [2.45, 2.75) is 394 Å². The monoisotopic (exact) mass is 1370 g/mol. The minimum Gasteiger partial charge on any atom is -0.462 e. The number of rotatable bonds is 72. The maximum atomic E-state index is 13.0. The summed E-state index contributed by atoms with van der Waals surface area (Å²) in [6.07, 6.45) is 50.2. The third-order valence-corrected chi connectivity index (χ3v) is 19.4. The van der Waals surface area contributed by atoms with E-state index in [4.69, 9.17) is 37.0 Å². The molecule has 0 amide bonds. The molecule has 6 atom stereocenters. The highest BCUT2D eigenvalue weighted by molar-refractivity contribution is 7.47. The molecule has 0 aromatic carbocycles. The van der Waals surface area contributed by atoms with Crippen LogP contribution < -0.4 is 0 Å². The number of aliphatic hydroxyl groups excluding tert-OH is 1. The van der Waals surface area contributed by atoms with Crippen molar-refractivity contribution in [3.8, 4) is 0 Å². The van der Waals surface area contributed by atoms with E-state index in [0.717, 1.165) is 102 Å². The molecule has 0 aliphatic rings. The topological polar surface area (TPSA) is 237 Å². The Kier molecular flexibility index (Phi) is 63.4. The summed E-state index contributed by atoms with van der Waals surface area (Å²) >= 11 is 0. The Morgan fingerprint density at radius 2 is 0.548 bits per heavy atom. The average molecular weight is 1370 g/mol. The van der Waals surface area contributed by atoms with Gasteiger partial charge in [-0.25, -0.2) is 9.13 Å². The molecule has 0 spiro atoms. The largest absolute Gasteiger partial charge is 0.472 e. The van der Waals surface area contributed by atoms with Gasteiger partial charge in [0, 0.05) is 25.7 Å². The molecule has 0 saturated carbocycles. The van der Waals surface area contributed by atoms with E-state index in [9.17, 15) is 43.2 Å². The lowest BCUT2D eigenvalue weighted by Gasteiger charge is -2.21. The second-order valence-electron chi connectivity index (χ2n) is 27.9. The normalized spacial score (nSPS) is 14.4. The summed E-state index contributed by atoms with van der Waals surface area (Å²) in [7, 11) is -9.90. The summed E-state index contributed by atoms with van der Waals surface area (Å²) < 4.78 is 68.3. The molecule has 0 saturated heterocycles. The molecule has 93 heavy (non-hydrogen) atoms. The Hall–Kier alpha value is -1.94. The lowest BCUT2D eigenvalue weighted by atomic mass is 9.99. The maximum absolute atomic E-state index is 13.0. The van der Waals surface area contributed by atoms with Crippen LogP contribution in [0.4, 0.5) is 0 Å². The van der Waals surface area contributed by atoms with Gasteiger partial charge in [0.25, 0.3) is 0 Å². The Labute approximate surface area is 568 Å². The quantitative estimate of drug-likeness (QED) is 0.0222. The number of ether oxygens (including phenoxy) is 4. The van der Waals surface area contributed by atoms with Crippen molar-refractivity contribution in [2.24, 2.45) is 17.8 Å². The van der Waals surface area contributed by atoms with Gasteiger partial charge in [0.1, 0.15) is 19.3 Å². The Morgan fingerprint density at radius 3 is 0.817 bits per heavy atom. The van der Waals surface area contributed by atoms with Gasteiger partial charge in [0.2, 0.25) is 0 Å². The molecule has 0 aliphatic carbocycles. The number of hydrogen-bond acceptors (Lipinski definition) is 15. The first kappa shape index (κ1) is 91.1. The highest BCUT2D eigenvalue weighted by atomic mass is 31.2. The maximum Gasteiger partial charge on any atom is 0.472 e. The van der Waals surface area contributed by atoms with E-state index in [1.807, 2.05) is 0 Å². The van der Waals surface area contributed by atoms with E-state index in [-0.39, 0.29) is 25.7 Å². The van der Waals surface area contributed by atoms with Gasteiger partial charge in [-0.05, 0) is 43.4 Å². The fourth-order valence-corrected chi connectivity index (χ4v) is 12.8. The van der Waals surface area contributed by atoms with Gasteiger partial charge in [-0.1, -0.05) is 325 Å². The summed E-state index contributed by atoms with van der Waals surface area (Å²) in [6, 6.07) is 0. The van der Waals surface area contributed by atoms with Crippen molar-refractivity contribution in [3.05, 3.63) is 0 Å². The standard InChI is InChI=1S/C74H144O17P2/c1-8-10-11-12-13-14-23-27-34-41-48-55-71(76)84-61-69(90-73(78)57-50-43-35-28-25-22-20-18-16-15-17-19-21-24-26-33-40-47-54-67(7)9-2)63-88-92(80,81)86-59-68(75)60-87-93(82,83)89-64-70(91-74(79)58-51-44-37-30-32-39-46-53-66(5)6)62-85-72(77)56-49-42-36-29-31-38-45-52-65(3)4/h65-70,75H,8-64H2,1-7H3,(H,80,81)(H,82,83)/t67?,68-,69-,70-/m1/s1. The molecule has 3 unspecified atom stereocenters. The number of carbonyl (C=O) groups is 4.